The number of aliphatic hydroxyl groups excluding tert-OH is 1. The lowest BCUT2D eigenvalue weighted by Gasteiger charge is -2.14. The topological polar surface area (TPSA) is 75.9 Å². The Hall–Kier alpha value is -2.18. The fraction of sp³-hybridized carbons (Fsp3) is 0.267. The molecule has 0 radical (unpaired) electrons. The molecule has 2 N–H and O–H groups in total. The number of rotatable bonds is 5. The molecule has 2 heterocycles. The fourth-order valence-electron chi connectivity index (χ4n) is 2.23. The van der Waals surface area contributed by atoms with E-state index in [1.165, 1.54) is 6.33 Å². The molecule has 0 fully saturated rings. The van der Waals surface area contributed by atoms with Gasteiger partial charge in [-0.15, -0.1) is 0 Å². The van der Waals surface area contributed by atoms with E-state index in [1.54, 1.807) is 10.9 Å². The molecule has 114 valence electrons. The van der Waals surface area contributed by atoms with E-state index >= 15 is 0 Å². The molecule has 0 bridgehead atoms. The van der Waals surface area contributed by atoms with Crippen LogP contribution in [-0.2, 0) is 0 Å². The van der Waals surface area contributed by atoms with Crippen molar-refractivity contribution in [2.24, 2.45) is 0 Å². The Morgan fingerprint density at radius 3 is 2.95 bits per heavy atom. The summed E-state index contributed by atoms with van der Waals surface area (Å²) in [7, 11) is 0. The molecule has 2 aromatic heterocycles. The van der Waals surface area contributed by atoms with Gasteiger partial charge >= 0.3 is 0 Å². The Bertz CT molecular complexity index is 784. The largest absolute Gasteiger partial charge is 0.394 e. The van der Waals surface area contributed by atoms with Crippen LogP contribution < -0.4 is 5.32 Å². The van der Waals surface area contributed by atoms with E-state index in [9.17, 15) is 5.11 Å². The third-order valence-electron chi connectivity index (χ3n) is 3.47. The van der Waals surface area contributed by atoms with Gasteiger partial charge in [0.05, 0.1) is 29.9 Å². The molecule has 0 aliphatic carbocycles. The van der Waals surface area contributed by atoms with Gasteiger partial charge in [-0.2, -0.15) is 5.10 Å². The number of hydrogen-bond acceptors (Lipinski definition) is 5. The molecular formula is C15H16ClN5O. The lowest BCUT2D eigenvalue weighted by atomic mass is 10.2. The van der Waals surface area contributed by atoms with Crippen LogP contribution in [-0.4, -0.2) is 37.5 Å². The summed E-state index contributed by atoms with van der Waals surface area (Å²) in [6, 6.07) is 7.37. The Morgan fingerprint density at radius 2 is 2.23 bits per heavy atom. The molecule has 1 atom stereocenters. The molecule has 0 aliphatic heterocycles. The highest BCUT2D eigenvalue weighted by Crippen LogP contribution is 2.23. The molecule has 3 rings (SSSR count). The van der Waals surface area contributed by atoms with Gasteiger partial charge in [-0.1, -0.05) is 24.6 Å². The maximum Gasteiger partial charge on any atom is 0.168 e. The fourth-order valence-corrected chi connectivity index (χ4v) is 2.41. The summed E-state index contributed by atoms with van der Waals surface area (Å²) in [6.07, 6.45) is 3.99. The van der Waals surface area contributed by atoms with Crippen molar-refractivity contribution in [2.75, 3.05) is 11.9 Å². The third kappa shape index (κ3) is 2.75. The Labute approximate surface area is 132 Å². The van der Waals surface area contributed by atoms with Crippen LogP contribution >= 0.6 is 11.6 Å². The van der Waals surface area contributed by atoms with Gasteiger partial charge in [0, 0.05) is 5.02 Å². The minimum atomic E-state index is -0.0485. The first-order chi connectivity index (χ1) is 10.7. The Morgan fingerprint density at radius 1 is 1.36 bits per heavy atom. The van der Waals surface area contributed by atoms with Crippen molar-refractivity contribution in [1.82, 2.24) is 19.7 Å². The van der Waals surface area contributed by atoms with Crippen LogP contribution in [0.1, 0.15) is 13.3 Å². The molecule has 3 aromatic rings. The van der Waals surface area contributed by atoms with Crippen molar-refractivity contribution in [2.45, 2.75) is 19.4 Å². The van der Waals surface area contributed by atoms with Gasteiger partial charge < -0.3 is 10.4 Å². The lowest BCUT2D eigenvalue weighted by Crippen LogP contribution is -2.23. The average Bonchev–Trinajstić information content (AvgIpc) is 2.97. The predicted octanol–water partition coefficient (Wildman–Crippen LogP) is 2.65. The van der Waals surface area contributed by atoms with Crippen molar-refractivity contribution in [3.8, 4) is 5.69 Å². The van der Waals surface area contributed by atoms with Gasteiger partial charge in [-0.3, -0.25) is 0 Å². The number of halogens is 1. The average molecular weight is 318 g/mol. The smallest absolute Gasteiger partial charge is 0.168 e. The van der Waals surface area contributed by atoms with Gasteiger partial charge in [0.15, 0.2) is 5.65 Å². The first-order valence-electron chi connectivity index (χ1n) is 7.05. The quantitative estimate of drug-likeness (QED) is 0.756. The number of nitrogens with one attached hydrogen (secondary N) is 1. The maximum atomic E-state index is 9.33. The number of aliphatic hydroxyl groups is 1. The lowest BCUT2D eigenvalue weighted by molar-refractivity contribution is 0.271. The van der Waals surface area contributed by atoms with Crippen molar-refractivity contribution in [3.05, 3.63) is 41.8 Å². The summed E-state index contributed by atoms with van der Waals surface area (Å²) in [4.78, 5) is 8.56. The van der Waals surface area contributed by atoms with Crippen LogP contribution in [0.4, 0.5) is 5.82 Å². The number of anilines is 1. The zero-order valence-electron chi connectivity index (χ0n) is 12.1. The molecule has 6 nitrogen and oxygen atoms in total. The Balaban J connectivity index is 2.05. The Kier molecular flexibility index (Phi) is 4.22. The molecule has 1 aromatic carbocycles. The number of aromatic nitrogens is 4. The zero-order chi connectivity index (χ0) is 15.5. The van der Waals surface area contributed by atoms with Crippen molar-refractivity contribution in [1.29, 1.82) is 0 Å². The standard InChI is InChI=1S/C15H16ClN5O/c1-2-11(8-22)20-14-13-7-19-21(15(13)18-9-17-14)12-5-3-4-10(16)6-12/h3-7,9,11,22H,2,8H2,1H3,(H,17,18,20)/t11-/m1/s1. The SMILES string of the molecule is CC[C@H](CO)Nc1ncnc2c1cnn2-c1cccc(Cl)c1. The highest BCUT2D eigenvalue weighted by atomic mass is 35.5. The van der Waals surface area contributed by atoms with Crippen LogP contribution in [0.2, 0.25) is 5.02 Å². The number of fused-ring (bicyclic) bond motifs is 1. The minimum absolute atomic E-state index is 0.0461. The van der Waals surface area contributed by atoms with E-state index in [1.807, 2.05) is 31.2 Å². The van der Waals surface area contributed by atoms with Gasteiger partial charge in [-0.25, -0.2) is 14.6 Å². The maximum absolute atomic E-state index is 9.33. The highest BCUT2D eigenvalue weighted by Gasteiger charge is 2.13. The molecule has 0 aliphatic rings. The van der Waals surface area contributed by atoms with E-state index in [4.69, 9.17) is 11.6 Å². The summed E-state index contributed by atoms with van der Waals surface area (Å²) in [5.74, 6) is 0.666. The summed E-state index contributed by atoms with van der Waals surface area (Å²) in [5, 5.41) is 18.4. The van der Waals surface area contributed by atoms with Crippen LogP contribution in [0.5, 0.6) is 0 Å². The van der Waals surface area contributed by atoms with Crippen molar-refractivity contribution < 1.29 is 5.11 Å². The van der Waals surface area contributed by atoms with Gasteiger partial charge in [-0.05, 0) is 24.6 Å². The molecule has 0 spiro atoms. The monoisotopic (exact) mass is 317 g/mol. The van der Waals surface area contributed by atoms with E-state index in [0.29, 0.717) is 16.5 Å². The van der Waals surface area contributed by atoms with E-state index in [-0.39, 0.29) is 12.6 Å². The second-order valence-electron chi connectivity index (χ2n) is 4.93. The van der Waals surface area contributed by atoms with E-state index < -0.39 is 0 Å². The molecular weight excluding hydrogens is 302 g/mol. The summed E-state index contributed by atoms with van der Waals surface area (Å²) < 4.78 is 1.72. The highest BCUT2D eigenvalue weighted by molar-refractivity contribution is 6.30. The second-order valence-corrected chi connectivity index (χ2v) is 5.36. The first-order valence-corrected chi connectivity index (χ1v) is 7.42. The van der Waals surface area contributed by atoms with Crippen LogP contribution in [0.25, 0.3) is 16.7 Å². The summed E-state index contributed by atoms with van der Waals surface area (Å²) in [5.41, 5.74) is 1.52. The number of nitrogens with zero attached hydrogens (tertiary/aromatic N) is 4. The van der Waals surface area contributed by atoms with Crippen LogP contribution in [0.15, 0.2) is 36.8 Å². The molecule has 22 heavy (non-hydrogen) atoms. The summed E-state index contributed by atoms with van der Waals surface area (Å²) >= 11 is 6.04. The summed E-state index contributed by atoms with van der Waals surface area (Å²) in [6.45, 7) is 2.05. The van der Waals surface area contributed by atoms with Crippen molar-refractivity contribution in [3.63, 3.8) is 0 Å². The van der Waals surface area contributed by atoms with Crippen LogP contribution in [0.3, 0.4) is 0 Å². The van der Waals surface area contributed by atoms with Gasteiger partial charge in [0.1, 0.15) is 12.1 Å². The van der Waals surface area contributed by atoms with Gasteiger partial charge in [0.2, 0.25) is 0 Å². The molecule has 0 saturated carbocycles. The normalized spacial score (nSPS) is 12.5. The van der Waals surface area contributed by atoms with Crippen molar-refractivity contribution >= 4 is 28.5 Å². The predicted molar refractivity (Wildman–Crippen MR) is 86.5 cm³/mol. The number of benzene rings is 1. The molecule has 0 amide bonds. The van der Waals surface area contributed by atoms with E-state index in [2.05, 4.69) is 20.4 Å². The minimum Gasteiger partial charge on any atom is -0.394 e. The second kappa shape index (κ2) is 6.29. The number of hydrogen-bond donors (Lipinski definition) is 2. The first kappa shape index (κ1) is 14.7. The molecule has 0 unspecified atom stereocenters. The molecule has 0 saturated heterocycles. The van der Waals surface area contributed by atoms with E-state index in [0.717, 1.165) is 17.5 Å². The van der Waals surface area contributed by atoms with Gasteiger partial charge in [0.25, 0.3) is 0 Å². The van der Waals surface area contributed by atoms with Crippen LogP contribution in [0, 0.1) is 0 Å². The third-order valence-corrected chi connectivity index (χ3v) is 3.71. The molecule has 7 heteroatoms. The zero-order valence-corrected chi connectivity index (χ0v) is 12.8.